The average Bonchev–Trinajstić information content (AvgIpc) is 3.30. The molecule has 0 aromatic heterocycles. The molecule has 2 fully saturated rings. The summed E-state index contributed by atoms with van der Waals surface area (Å²) in [5, 5.41) is 9.95. The van der Waals surface area contributed by atoms with Gasteiger partial charge in [0.1, 0.15) is 6.10 Å². The second kappa shape index (κ2) is 16.3. The first-order valence-electron chi connectivity index (χ1n) is 13.1. The number of methoxy groups -OCH3 is 3. The minimum absolute atomic E-state index is 0.0191. The Labute approximate surface area is 229 Å². The second-order valence-corrected chi connectivity index (χ2v) is 9.75. The molecule has 0 bridgehead atoms. The molecule has 1 aliphatic carbocycles. The molecule has 14 heteroatoms. The molecule has 1 saturated heterocycles. The summed E-state index contributed by atoms with van der Waals surface area (Å²) in [5.74, 6) is -3.41. The number of nitrogens with zero attached hydrogens (tertiary/aromatic N) is 4. The highest BCUT2D eigenvalue weighted by molar-refractivity contribution is 5.73. The Kier molecular flexibility index (Phi) is 13.6. The summed E-state index contributed by atoms with van der Waals surface area (Å²) < 4.78 is 20.1. The summed E-state index contributed by atoms with van der Waals surface area (Å²) in [5.41, 5.74) is 0. The van der Waals surface area contributed by atoms with Crippen LogP contribution in [0.15, 0.2) is 0 Å². The van der Waals surface area contributed by atoms with Gasteiger partial charge >= 0.3 is 29.8 Å². The van der Waals surface area contributed by atoms with Crippen LogP contribution in [0.4, 0.5) is 0 Å². The van der Waals surface area contributed by atoms with Crippen molar-refractivity contribution in [2.75, 3.05) is 93.3 Å². The minimum Gasteiger partial charge on any atom is -0.481 e. The summed E-state index contributed by atoms with van der Waals surface area (Å²) in [6.07, 6.45) is 0.210. The van der Waals surface area contributed by atoms with Gasteiger partial charge in [-0.1, -0.05) is 0 Å². The Morgan fingerprint density at radius 1 is 0.667 bits per heavy atom. The Morgan fingerprint density at radius 3 is 1.38 bits per heavy atom. The van der Waals surface area contributed by atoms with E-state index in [2.05, 4.69) is 0 Å². The number of aliphatic carboxylic acids is 1. The van der Waals surface area contributed by atoms with E-state index < -0.39 is 47.9 Å². The summed E-state index contributed by atoms with van der Waals surface area (Å²) in [6, 6.07) is -0.565. The number of hydrogen-bond acceptors (Lipinski definition) is 13. The van der Waals surface area contributed by atoms with Crippen molar-refractivity contribution in [2.45, 2.75) is 31.9 Å². The summed E-state index contributed by atoms with van der Waals surface area (Å²) in [4.78, 5) is 67.9. The maximum atomic E-state index is 12.2. The quantitative estimate of drug-likeness (QED) is 0.258. The Balaban J connectivity index is 2.35. The highest BCUT2D eigenvalue weighted by Crippen LogP contribution is 2.33. The van der Waals surface area contributed by atoms with Crippen LogP contribution >= 0.6 is 0 Å². The molecule has 14 nitrogen and oxygen atoms in total. The Hall–Kier alpha value is -2.81. The van der Waals surface area contributed by atoms with E-state index in [9.17, 15) is 29.1 Å². The fraction of sp³-hybridized carbons (Fsp3) is 0.800. The van der Waals surface area contributed by atoms with Gasteiger partial charge in [-0.25, -0.2) is 0 Å². The summed E-state index contributed by atoms with van der Waals surface area (Å²) in [7, 11) is 3.94. The van der Waals surface area contributed by atoms with Gasteiger partial charge in [0.2, 0.25) is 0 Å². The molecular weight excluding hydrogens is 516 g/mol. The van der Waals surface area contributed by atoms with Crippen molar-refractivity contribution in [3.8, 4) is 0 Å². The standard InChI is InChI=1S/C25H42N4O10/c1-18(30)39-20-6-5-19(25(34)35)24(20)29-13-11-27(16-22(32)37-3)9-7-26(15-21(31)36-2)8-10-28(12-14-29)17-23(33)38-4/h19-20,24H,5-17H2,1-4H3,(H,34,35)/t19-,20-,24-/m0/s1. The lowest BCUT2D eigenvalue weighted by Crippen LogP contribution is -2.54. The van der Waals surface area contributed by atoms with Crippen LogP contribution in [-0.2, 0) is 42.9 Å². The molecule has 39 heavy (non-hydrogen) atoms. The van der Waals surface area contributed by atoms with Gasteiger partial charge in [0, 0.05) is 59.3 Å². The van der Waals surface area contributed by atoms with Crippen LogP contribution < -0.4 is 0 Å². The molecule has 0 unspecified atom stereocenters. The third-order valence-electron chi connectivity index (χ3n) is 7.22. The van der Waals surface area contributed by atoms with Crippen molar-refractivity contribution in [3.05, 3.63) is 0 Å². The van der Waals surface area contributed by atoms with Gasteiger partial charge < -0.3 is 24.1 Å². The van der Waals surface area contributed by atoms with E-state index >= 15 is 0 Å². The van der Waals surface area contributed by atoms with E-state index in [0.29, 0.717) is 65.2 Å². The predicted octanol–water partition coefficient (Wildman–Crippen LogP) is -1.48. The van der Waals surface area contributed by atoms with Crippen molar-refractivity contribution in [1.82, 2.24) is 19.6 Å². The van der Waals surface area contributed by atoms with E-state index in [1.54, 1.807) is 0 Å². The van der Waals surface area contributed by atoms with Crippen LogP contribution in [0.2, 0.25) is 0 Å². The van der Waals surface area contributed by atoms with Gasteiger partial charge in [0.05, 0.1) is 52.9 Å². The SMILES string of the molecule is COC(=O)CN1CCN(CC(=O)OC)CCN([C@@H]2[C@@H](OC(C)=O)CC[C@@H]2C(=O)O)CCN(CC(=O)OC)CC1. The Bertz CT molecular complexity index is 823. The van der Waals surface area contributed by atoms with Crippen LogP contribution in [0.5, 0.6) is 0 Å². The third-order valence-corrected chi connectivity index (χ3v) is 7.22. The lowest BCUT2D eigenvalue weighted by Gasteiger charge is -2.38. The van der Waals surface area contributed by atoms with Crippen LogP contribution in [0.3, 0.4) is 0 Å². The molecule has 222 valence electrons. The number of ether oxygens (including phenoxy) is 4. The van der Waals surface area contributed by atoms with Crippen molar-refractivity contribution in [1.29, 1.82) is 0 Å². The van der Waals surface area contributed by atoms with Crippen LogP contribution in [0.25, 0.3) is 0 Å². The predicted molar refractivity (Wildman–Crippen MR) is 137 cm³/mol. The zero-order valence-electron chi connectivity index (χ0n) is 23.3. The van der Waals surface area contributed by atoms with Crippen LogP contribution in [0.1, 0.15) is 19.8 Å². The monoisotopic (exact) mass is 558 g/mol. The number of hydrogen-bond donors (Lipinski definition) is 1. The number of carboxylic acids is 1. The number of carbonyl (C=O) groups is 5. The molecule has 2 rings (SSSR count). The third kappa shape index (κ3) is 10.7. The average molecular weight is 559 g/mol. The van der Waals surface area contributed by atoms with Crippen molar-refractivity contribution < 1.29 is 48.0 Å². The molecule has 1 heterocycles. The van der Waals surface area contributed by atoms with Gasteiger partial charge in [0.15, 0.2) is 0 Å². The molecule has 0 aromatic rings. The molecule has 2 aliphatic rings. The molecule has 1 N–H and O–H groups in total. The fourth-order valence-corrected chi connectivity index (χ4v) is 5.11. The van der Waals surface area contributed by atoms with Gasteiger partial charge in [-0.2, -0.15) is 0 Å². The van der Waals surface area contributed by atoms with E-state index in [1.807, 2.05) is 19.6 Å². The minimum atomic E-state index is -0.961. The highest BCUT2D eigenvalue weighted by Gasteiger charge is 2.45. The number of rotatable bonds is 9. The fourth-order valence-electron chi connectivity index (χ4n) is 5.11. The molecule has 0 spiro atoms. The molecule has 1 saturated carbocycles. The maximum absolute atomic E-state index is 12.2. The zero-order valence-corrected chi connectivity index (χ0v) is 23.3. The lowest BCUT2D eigenvalue weighted by molar-refractivity contribution is -0.153. The van der Waals surface area contributed by atoms with Crippen molar-refractivity contribution in [2.24, 2.45) is 5.92 Å². The molecule has 0 aromatic carbocycles. The van der Waals surface area contributed by atoms with Gasteiger partial charge in [-0.05, 0) is 12.8 Å². The van der Waals surface area contributed by atoms with E-state index in [4.69, 9.17) is 18.9 Å². The molecule has 0 radical (unpaired) electrons. The van der Waals surface area contributed by atoms with Gasteiger partial charge in [-0.15, -0.1) is 0 Å². The summed E-state index contributed by atoms with van der Waals surface area (Å²) in [6.45, 7) is 4.68. The molecule has 0 amide bonds. The number of esters is 4. The zero-order chi connectivity index (χ0) is 28.9. The van der Waals surface area contributed by atoms with Crippen molar-refractivity contribution >= 4 is 29.8 Å². The van der Waals surface area contributed by atoms with E-state index in [-0.39, 0.29) is 19.6 Å². The lowest BCUT2D eigenvalue weighted by atomic mass is 10.0. The number of carbonyl (C=O) groups excluding carboxylic acids is 4. The van der Waals surface area contributed by atoms with Crippen molar-refractivity contribution in [3.63, 3.8) is 0 Å². The van der Waals surface area contributed by atoms with E-state index in [0.717, 1.165) is 0 Å². The molecule has 3 atom stereocenters. The topological polar surface area (TPSA) is 155 Å². The van der Waals surface area contributed by atoms with Gasteiger partial charge in [-0.3, -0.25) is 43.6 Å². The smallest absolute Gasteiger partial charge is 0.319 e. The molecular formula is C25H42N4O10. The first-order chi connectivity index (χ1) is 18.6. The van der Waals surface area contributed by atoms with Gasteiger partial charge in [0.25, 0.3) is 0 Å². The highest BCUT2D eigenvalue weighted by atomic mass is 16.5. The van der Waals surface area contributed by atoms with Crippen LogP contribution in [0, 0.1) is 5.92 Å². The number of carboxylic acid groups (broad SMARTS) is 1. The van der Waals surface area contributed by atoms with Crippen LogP contribution in [-0.4, -0.2) is 160 Å². The largest absolute Gasteiger partial charge is 0.481 e. The normalized spacial score (nSPS) is 24.7. The molecule has 1 aliphatic heterocycles. The summed E-state index contributed by atoms with van der Waals surface area (Å²) >= 11 is 0. The second-order valence-electron chi connectivity index (χ2n) is 9.75. The van der Waals surface area contributed by atoms with E-state index in [1.165, 1.54) is 28.3 Å². The first-order valence-corrected chi connectivity index (χ1v) is 13.1. The maximum Gasteiger partial charge on any atom is 0.319 e. The first kappa shape index (κ1) is 32.4. The Morgan fingerprint density at radius 2 is 1.05 bits per heavy atom.